The van der Waals surface area contributed by atoms with Gasteiger partial charge in [-0.1, -0.05) is 6.92 Å². The summed E-state index contributed by atoms with van der Waals surface area (Å²) in [5.74, 6) is -2.18. The molecule has 1 aliphatic rings. The number of thiophene rings is 1. The fourth-order valence-corrected chi connectivity index (χ4v) is 3.00. The zero-order chi connectivity index (χ0) is 9.64. The smallest absolute Gasteiger partial charge is 0.201 e. The fraction of sp³-hybridized carbons (Fsp3) is 0.600. The molecule has 0 bridgehead atoms. The van der Waals surface area contributed by atoms with Crippen LogP contribution in [0.3, 0.4) is 0 Å². The zero-order valence-corrected chi connectivity index (χ0v) is 8.55. The van der Waals surface area contributed by atoms with Crippen LogP contribution in [0.1, 0.15) is 41.5 Å². The van der Waals surface area contributed by atoms with Crippen molar-refractivity contribution in [2.45, 2.75) is 38.5 Å². The summed E-state index contributed by atoms with van der Waals surface area (Å²) in [7, 11) is 0. The van der Waals surface area contributed by atoms with E-state index in [-0.39, 0.29) is 4.88 Å². The van der Waals surface area contributed by atoms with Gasteiger partial charge in [0.1, 0.15) is 0 Å². The minimum absolute atomic E-state index is 0.226. The average molecular weight is 202 g/mol. The molecule has 0 unspecified atom stereocenters. The van der Waals surface area contributed by atoms with Crippen molar-refractivity contribution < 1.29 is 8.78 Å². The third-order valence-corrected chi connectivity index (χ3v) is 3.99. The van der Waals surface area contributed by atoms with E-state index in [1.165, 1.54) is 16.2 Å². The largest absolute Gasteiger partial charge is 0.279 e. The van der Waals surface area contributed by atoms with Gasteiger partial charge in [-0.25, -0.2) is 8.78 Å². The Morgan fingerprint density at radius 3 is 2.77 bits per heavy atom. The van der Waals surface area contributed by atoms with Crippen molar-refractivity contribution in [2.24, 2.45) is 0 Å². The van der Waals surface area contributed by atoms with Crippen LogP contribution in [0.25, 0.3) is 0 Å². The summed E-state index contributed by atoms with van der Waals surface area (Å²) in [4.78, 5) is 1.40. The van der Waals surface area contributed by atoms with Gasteiger partial charge in [0.2, 0.25) is 0 Å². The third-order valence-electron chi connectivity index (χ3n) is 2.61. The van der Waals surface area contributed by atoms with Gasteiger partial charge in [-0.05, 0) is 30.4 Å². The topological polar surface area (TPSA) is 0 Å². The molecule has 0 fully saturated rings. The maximum absolute atomic E-state index is 12.9. The molecule has 1 heterocycles. The van der Waals surface area contributed by atoms with Crippen LogP contribution in [-0.4, -0.2) is 0 Å². The van der Waals surface area contributed by atoms with Gasteiger partial charge in [-0.15, -0.1) is 11.3 Å². The monoisotopic (exact) mass is 202 g/mol. The summed E-state index contributed by atoms with van der Waals surface area (Å²) >= 11 is 1.28. The lowest BCUT2D eigenvalue weighted by Gasteiger charge is -2.06. The molecule has 1 atom stereocenters. The molecule has 0 spiro atoms. The second-order valence-electron chi connectivity index (χ2n) is 3.82. The van der Waals surface area contributed by atoms with Crippen molar-refractivity contribution >= 4 is 11.3 Å². The molecule has 3 heteroatoms. The number of rotatable bonds is 1. The lowest BCUT2D eigenvalue weighted by Crippen LogP contribution is -2.03. The van der Waals surface area contributed by atoms with Crippen LogP contribution in [0.4, 0.5) is 8.78 Å². The highest BCUT2D eigenvalue weighted by Gasteiger charge is 2.31. The maximum atomic E-state index is 12.9. The second-order valence-corrected chi connectivity index (χ2v) is 4.95. The average Bonchev–Trinajstić information content (AvgIpc) is 2.51. The molecular weight excluding hydrogens is 190 g/mol. The first kappa shape index (κ1) is 9.13. The van der Waals surface area contributed by atoms with Gasteiger partial charge in [-0.2, -0.15) is 0 Å². The summed E-state index contributed by atoms with van der Waals surface area (Å²) in [6.45, 7) is 3.08. The molecular formula is C10H12F2S. The quantitative estimate of drug-likeness (QED) is 0.647. The number of halogens is 2. The molecule has 72 valence electrons. The summed E-state index contributed by atoms with van der Waals surface area (Å²) < 4.78 is 25.9. The van der Waals surface area contributed by atoms with Crippen molar-refractivity contribution in [3.05, 3.63) is 21.4 Å². The molecule has 1 aliphatic carbocycles. The minimum Gasteiger partial charge on any atom is -0.201 e. The number of hydrogen-bond acceptors (Lipinski definition) is 1. The van der Waals surface area contributed by atoms with E-state index in [2.05, 4.69) is 6.92 Å². The number of alkyl halides is 2. The van der Waals surface area contributed by atoms with Gasteiger partial charge in [-0.3, -0.25) is 0 Å². The van der Waals surface area contributed by atoms with E-state index in [4.69, 9.17) is 0 Å². The van der Waals surface area contributed by atoms with E-state index < -0.39 is 5.92 Å². The van der Waals surface area contributed by atoms with Crippen LogP contribution < -0.4 is 0 Å². The van der Waals surface area contributed by atoms with Crippen molar-refractivity contribution in [3.8, 4) is 0 Å². The van der Waals surface area contributed by atoms with E-state index in [1.807, 2.05) is 0 Å². The van der Waals surface area contributed by atoms with Crippen molar-refractivity contribution in [1.29, 1.82) is 0 Å². The lowest BCUT2D eigenvalue weighted by atomic mass is 10.1. The molecule has 1 aromatic rings. The molecule has 2 rings (SSSR count). The van der Waals surface area contributed by atoms with Crippen LogP contribution in [-0.2, 0) is 12.3 Å². The Labute approximate surface area is 80.6 Å². The Bertz CT molecular complexity index is 322. The summed E-state index contributed by atoms with van der Waals surface area (Å²) in [6, 6.07) is 1.69. The molecule has 0 radical (unpaired) electrons. The molecule has 0 N–H and O–H groups in total. The number of fused-ring (bicyclic) bond motifs is 1. The molecule has 0 saturated heterocycles. The summed E-state index contributed by atoms with van der Waals surface area (Å²) in [6.07, 6.45) is 2.11. The van der Waals surface area contributed by atoms with E-state index in [0.717, 1.165) is 25.3 Å². The van der Waals surface area contributed by atoms with Gasteiger partial charge in [0.25, 0.3) is 5.92 Å². The molecule has 13 heavy (non-hydrogen) atoms. The fourth-order valence-electron chi connectivity index (χ4n) is 1.77. The van der Waals surface area contributed by atoms with Crippen LogP contribution in [0.2, 0.25) is 0 Å². The van der Waals surface area contributed by atoms with Crippen LogP contribution >= 0.6 is 11.3 Å². The predicted octanol–water partition coefficient (Wildman–Crippen LogP) is 3.91. The second kappa shape index (κ2) is 2.77. The Balaban J connectivity index is 2.40. The van der Waals surface area contributed by atoms with Crippen molar-refractivity contribution in [1.82, 2.24) is 0 Å². The Hall–Kier alpha value is -0.440. The highest BCUT2D eigenvalue weighted by Crippen LogP contribution is 2.43. The Kier molecular flexibility index (Phi) is 1.95. The first-order valence-corrected chi connectivity index (χ1v) is 5.31. The molecule has 0 aromatic carbocycles. The van der Waals surface area contributed by atoms with Crippen molar-refractivity contribution in [3.63, 3.8) is 0 Å². The highest BCUT2D eigenvalue weighted by atomic mass is 32.1. The van der Waals surface area contributed by atoms with Gasteiger partial charge in [0.05, 0.1) is 4.88 Å². The Morgan fingerprint density at radius 2 is 2.23 bits per heavy atom. The van der Waals surface area contributed by atoms with Crippen LogP contribution in [0.15, 0.2) is 6.07 Å². The molecule has 0 nitrogen and oxygen atoms in total. The first-order valence-electron chi connectivity index (χ1n) is 4.49. The van der Waals surface area contributed by atoms with Gasteiger partial charge < -0.3 is 0 Å². The van der Waals surface area contributed by atoms with E-state index in [1.54, 1.807) is 6.07 Å². The van der Waals surface area contributed by atoms with Gasteiger partial charge in [0.15, 0.2) is 0 Å². The van der Waals surface area contributed by atoms with E-state index in [0.29, 0.717) is 5.92 Å². The van der Waals surface area contributed by atoms with E-state index >= 15 is 0 Å². The zero-order valence-electron chi connectivity index (χ0n) is 7.73. The minimum atomic E-state index is -2.66. The number of aryl methyl sites for hydroxylation is 1. The van der Waals surface area contributed by atoms with Crippen molar-refractivity contribution in [2.75, 3.05) is 0 Å². The van der Waals surface area contributed by atoms with Crippen LogP contribution in [0.5, 0.6) is 0 Å². The SMILES string of the molecule is C[C@H]1CCc2sc(C(C)(F)F)cc21. The lowest BCUT2D eigenvalue weighted by molar-refractivity contribution is 0.0214. The molecule has 0 saturated carbocycles. The maximum Gasteiger partial charge on any atom is 0.279 e. The summed E-state index contributed by atoms with van der Waals surface area (Å²) in [5.41, 5.74) is 1.15. The Morgan fingerprint density at radius 1 is 1.54 bits per heavy atom. The third kappa shape index (κ3) is 1.50. The van der Waals surface area contributed by atoms with Crippen LogP contribution in [0, 0.1) is 0 Å². The predicted molar refractivity (Wildman–Crippen MR) is 50.6 cm³/mol. The molecule has 1 aromatic heterocycles. The van der Waals surface area contributed by atoms with Gasteiger partial charge >= 0.3 is 0 Å². The van der Waals surface area contributed by atoms with Gasteiger partial charge in [0, 0.05) is 11.8 Å². The van der Waals surface area contributed by atoms with E-state index in [9.17, 15) is 8.78 Å². The summed E-state index contributed by atoms with van der Waals surface area (Å²) in [5, 5.41) is 0. The first-order chi connectivity index (χ1) is 5.98. The number of hydrogen-bond donors (Lipinski definition) is 0. The molecule has 0 amide bonds. The molecule has 0 aliphatic heterocycles. The normalized spacial score (nSPS) is 22.0. The highest BCUT2D eigenvalue weighted by molar-refractivity contribution is 7.12. The standard InChI is InChI=1S/C10H12F2S/c1-6-3-4-8-7(6)5-9(13-8)10(2,11)12/h5-6H,3-4H2,1-2H3/t6-/m0/s1.